The second-order valence-corrected chi connectivity index (χ2v) is 0.621. The van der Waals surface area contributed by atoms with E-state index in [1.54, 1.807) is 0 Å². The van der Waals surface area contributed by atoms with Crippen LogP contribution in [-0.4, -0.2) is 16.5 Å². The molecular weight excluding hydrogens is 224 g/mol. The number of halogens is 2. The van der Waals surface area contributed by atoms with E-state index in [1.165, 1.54) is 0 Å². The van der Waals surface area contributed by atoms with Crippen molar-refractivity contribution in [2.24, 2.45) is 0 Å². The van der Waals surface area contributed by atoms with Gasteiger partial charge >= 0.3 is 0 Å². The lowest BCUT2D eigenvalue weighted by Gasteiger charge is -1.50. The summed E-state index contributed by atoms with van der Waals surface area (Å²) in [7, 11) is 0. The van der Waals surface area contributed by atoms with Gasteiger partial charge in [0.15, 0.2) is 0 Å². The van der Waals surface area contributed by atoms with Crippen molar-refractivity contribution in [1.82, 2.24) is 0 Å². The maximum absolute atomic E-state index is 7.49. The average Bonchev–Trinajstić information content (AvgIpc) is 1.78. The molecule has 0 atom stereocenters. The zero-order valence-electron chi connectivity index (χ0n) is 4.91. The molecule has 0 aromatic rings. The average molecular weight is 236 g/mol. The van der Waals surface area contributed by atoms with Crippen molar-refractivity contribution in [2.75, 3.05) is 11.3 Å². The van der Waals surface area contributed by atoms with Gasteiger partial charge in [-0.15, -0.1) is 0 Å². The van der Waals surface area contributed by atoms with Crippen molar-refractivity contribution in [1.29, 1.82) is 0 Å². The molecule has 7 heavy (non-hydrogen) atoms. The number of hydrogen-bond donors (Lipinski definition) is 1. The minimum Gasteiger partial charge on any atom is -0.385 e. The van der Waals surface area contributed by atoms with Crippen molar-refractivity contribution in [3.05, 3.63) is 0 Å². The Bertz CT molecular complexity index is 9.65. The third-order valence-electron chi connectivity index (χ3n) is 0. The highest BCUT2D eigenvalue weighted by Crippen LogP contribution is 1.62. The highest BCUT2D eigenvalue weighted by atomic mass is 79.9. The van der Waals surface area contributed by atoms with Crippen molar-refractivity contribution < 1.29 is 5.11 Å². The molecule has 0 aliphatic carbocycles. The van der Waals surface area contributed by atoms with Crippen molar-refractivity contribution in [3.63, 3.8) is 0 Å². The van der Waals surface area contributed by atoms with Crippen LogP contribution in [0.25, 0.3) is 0 Å². The number of rotatable bonds is 0. The first-order chi connectivity index (χ1) is 3.41. The maximum Gasteiger partial charge on any atom is 0.0980 e. The summed E-state index contributed by atoms with van der Waals surface area (Å²) < 4.78 is 0. The third-order valence-corrected chi connectivity index (χ3v) is 0. The van der Waals surface area contributed by atoms with Gasteiger partial charge in [-0.05, 0) is 5.83 Å². The van der Waals surface area contributed by atoms with Gasteiger partial charge in [0.1, 0.15) is 0 Å². The number of alkyl halides is 2. The van der Waals surface area contributed by atoms with E-state index in [-0.39, 0.29) is 5.52 Å². The zero-order chi connectivity index (χ0) is 6.71. The predicted molar refractivity (Wildman–Crippen MR) is 42.2 cm³/mol. The van der Waals surface area contributed by atoms with Gasteiger partial charge in [0.2, 0.25) is 0 Å². The molecule has 0 aliphatic heterocycles. The largest absolute Gasteiger partial charge is 0.385 e. The molecule has 0 heterocycles. The maximum atomic E-state index is 7.49. The van der Waals surface area contributed by atoms with Gasteiger partial charge < -0.3 is 5.11 Å². The Morgan fingerprint density at radius 3 is 1.29 bits per heavy atom. The van der Waals surface area contributed by atoms with Crippen LogP contribution in [0.15, 0.2) is 0 Å². The van der Waals surface area contributed by atoms with Gasteiger partial charge in [0, 0.05) is 0 Å². The molecular formula is C4H12Br2O. The molecule has 0 unspecified atom stereocenters. The van der Waals surface area contributed by atoms with Crippen LogP contribution in [-0.2, 0) is 0 Å². The zero-order valence-corrected chi connectivity index (χ0v) is 8.08. The van der Waals surface area contributed by atoms with E-state index < -0.39 is 0 Å². The van der Waals surface area contributed by atoms with Crippen LogP contribution in [0.4, 0.5) is 0 Å². The van der Waals surface area contributed by atoms with Crippen LogP contribution in [0, 0.1) is 0 Å². The van der Waals surface area contributed by atoms with E-state index in [0.29, 0.717) is 0 Å². The van der Waals surface area contributed by atoms with Gasteiger partial charge in [-0.25, -0.2) is 0 Å². The summed E-state index contributed by atoms with van der Waals surface area (Å²) in [5, 5.41) is 7.49. The summed E-state index contributed by atoms with van der Waals surface area (Å²) >= 11 is 5.64. The molecule has 0 bridgehead atoms. The van der Waals surface area contributed by atoms with E-state index in [0.717, 1.165) is 0 Å². The van der Waals surface area contributed by atoms with Crippen LogP contribution in [0.1, 0.15) is 13.8 Å². The normalized spacial score (nSPS) is 4.29. The molecule has 0 saturated carbocycles. The first kappa shape index (κ1) is 15.7. The molecule has 0 fully saturated rings. The fourth-order valence-corrected chi connectivity index (χ4v) is 0. The second kappa shape index (κ2) is 65.8. The standard InChI is InChI=1S/C2H6.CH3BrO.CH3Br/c1-2;2-1-3;1-2/h1-2H3;3H,1H2;1H3. The molecule has 0 aromatic carbocycles. The monoisotopic (exact) mass is 234 g/mol. The van der Waals surface area contributed by atoms with Crippen LogP contribution in [0.2, 0.25) is 0 Å². The first-order valence-electron chi connectivity index (χ1n) is 1.96. The van der Waals surface area contributed by atoms with Gasteiger partial charge in [-0.3, -0.25) is 0 Å². The van der Waals surface area contributed by atoms with Crippen LogP contribution in [0.3, 0.4) is 0 Å². The van der Waals surface area contributed by atoms with Gasteiger partial charge in [-0.2, -0.15) is 0 Å². The van der Waals surface area contributed by atoms with E-state index in [1.807, 2.05) is 19.7 Å². The SMILES string of the molecule is CBr.CC.OCBr. The molecule has 1 nitrogen and oxygen atoms in total. The molecule has 48 valence electrons. The van der Waals surface area contributed by atoms with Crippen molar-refractivity contribution >= 4 is 31.9 Å². The Labute approximate surface area is 62.4 Å². The van der Waals surface area contributed by atoms with Crippen LogP contribution < -0.4 is 0 Å². The van der Waals surface area contributed by atoms with E-state index in [9.17, 15) is 0 Å². The van der Waals surface area contributed by atoms with Gasteiger partial charge in [0.25, 0.3) is 0 Å². The van der Waals surface area contributed by atoms with Crippen LogP contribution >= 0.6 is 31.9 Å². The Hall–Kier alpha value is 0.920. The fourth-order valence-electron chi connectivity index (χ4n) is 0. The van der Waals surface area contributed by atoms with Gasteiger partial charge in [-0.1, -0.05) is 45.7 Å². The third kappa shape index (κ3) is 198. The van der Waals surface area contributed by atoms with E-state index in [4.69, 9.17) is 5.11 Å². The van der Waals surface area contributed by atoms with E-state index >= 15 is 0 Å². The quantitative estimate of drug-likeness (QED) is 0.640. The highest BCUT2D eigenvalue weighted by Gasteiger charge is 1.37. The molecule has 0 aliphatic rings. The highest BCUT2D eigenvalue weighted by molar-refractivity contribution is 9.09. The lowest BCUT2D eigenvalue weighted by Crippen LogP contribution is -1.48. The number of aliphatic hydroxyl groups excluding tert-OH is 1. The minimum atomic E-state index is 0.0625. The van der Waals surface area contributed by atoms with Crippen molar-refractivity contribution in [2.45, 2.75) is 13.8 Å². The second-order valence-electron chi connectivity index (χ2n) is 0.120. The Balaban J connectivity index is -0.0000000360. The first-order valence-corrected chi connectivity index (χ1v) is 4.67. The topological polar surface area (TPSA) is 20.2 Å². The summed E-state index contributed by atoms with van der Waals surface area (Å²) in [5.41, 5.74) is 0.0625. The summed E-state index contributed by atoms with van der Waals surface area (Å²) in [4.78, 5) is 0. The molecule has 0 saturated heterocycles. The summed E-state index contributed by atoms with van der Waals surface area (Å²) in [5.74, 6) is 1.81. The molecule has 0 amide bonds. The molecule has 0 spiro atoms. The van der Waals surface area contributed by atoms with E-state index in [2.05, 4.69) is 31.9 Å². The fraction of sp³-hybridized carbons (Fsp3) is 1.00. The van der Waals surface area contributed by atoms with Crippen molar-refractivity contribution in [3.8, 4) is 0 Å². The smallest absolute Gasteiger partial charge is 0.0980 e. The molecule has 0 radical (unpaired) electrons. The molecule has 0 aromatic heterocycles. The molecule has 1 N–H and O–H groups in total. The Morgan fingerprint density at radius 2 is 1.29 bits per heavy atom. The predicted octanol–water partition coefficient (Wildman–Crippen LogP) is 2.37. The summed E-state index contributed by atoms with van der Waals surface area (Å²) in [6, 6.07) is 0. The summed E-state index contributed by atoms with van der Waals surface area (Å²) in [6.07, 6.45) is 0. The lowest BCUT2D eigenvalue weighted by atomic mass is 11.0. The van der Waals surface area contributed by atoms with Crippen LogP contribution in [0.5, 0.6) is 0 Å². The number of hydrogen-bond acceptors (Lipinski definition) is 1. The molecule has 0 rings (SSSR count). The van der Waals surface area contributed by atoms with Gasteiger partial charge in [0.05, 0.1) is 5.52 Å². The minimum absolute atomic E-state index is 0.0625. The lowest BCUT2D eigenvalue weighted by molar-refractivity contribution is 0.381. The Morgan fingerprint density at radius 1 is 1.29 bits per heavy atom. The number of aliphatic hydroxyl groups is 1. The summed E-state index contributed by atoms with van der Waals surface area (Å²) in [6.45, 7) is 4.00. The molecule has 3 heteroatoms. The Kier molecular flexibility index (Phi) is 147.